The Morgan fingerprint density at radius 1 is 1.47 bits per heavy atom. The largest absolute Gasteiger partial charge is 0.491 e. The van der Waals surface area contributed by atoms with Crippen LogP contribution in [0, 0.1) is 5.82 Å². The normalized spacial score (nSPS) is 24.8. The monoisotopic (exact) mass is 210 g/mol. The zero-order valence-corrected chi connectivity index (χ0v) is 8.40. The molecule has 0 saturated carbocycles. The molecule has 5 heteroatoms. The van der Waals surface area contributed by atoms with Gasteiger partial charge in [0.25, 0.3) is 0 Å². The maximum Gasteiger partial charge on any atom is 0.491 e. The van der Waals surface area contributed by atoms with Gasteiger partial charge in [-0.15, -0.1) is 0 Å². The van der Waals surface area contributed by atoms with E-state index in [9.17, 15) is 4.39 Å². The van der Waals surface area contributed by atoms with Crippen LogP contribution in [0.25, 0.3) is 0 Å². The molecule has 0 aliphatic carbocycles. The molecule has 2 N–H and O–H groups in total. The molecule has 1 unspecified atom stereocenters. The molecule has 0 aromatic heterocycles. The molecule has 0 spiro atoms. The zero-order chi connectivity index (χ0) is 11.1. The van der Waals surface area contributed by atoms with E-state index in [0.29, 0.717) is 6.61 Å². The van der Waals surface area contributed by atoms with Crippen LogP contribution in [0.3, 0.4) is 0 Å². The van der Waals surface area contributed by atoms with Gasteiger partial charge in [-0.25, -0.2) is 4.39 Å². The van der Waals surface area contributed by atoms with Gasteiger partial charge in [-0.05, 0) is 18.6 Å². The number of benzene rings is 1. The highest BCUT2D eigenvalue weighted by Crippen LogP contribution is 2.36. The van der Waals surface area contributed by atoms with Crippen molar-refractivity contribution in [3.8, 4) is 0 Å². The van der Waals surface area contributed by atoms with E-state index in [1.807, 2.05) is 6.92 Å². The van der Waals surface area contributed by atoms with E-state index in [-0.39, 0.29) is 5.46 Å². The number of ether oxygens (including phenoxy) is 1. The van der Waals surface area contributed by atoms with Crippen LogP contribution in [-0.4, -0.2) is 23.8 Å². The minimum Gasteiger partial charge on any atom is -0.423 e. The standard InChI is InChI=1S/C10H12BFO3/c1-10(4-5-15-10)7-2-3-8(11(13)14)9(12)6-7/h2-3,6,13-14H,4-5H2,1H3. The topological polar surface area (TPSA) is 49.7 Å². The van der Waals surface area contributed by atoms with E-state index in [1.165, 1.54) is 12.1 Å². The molecular formula is C10H12BFO3. The third-order valence-corrected chi connectivity index (χ3v) is 2.89. The van der Waals surface area contributed by atoms with E-state index in [0.717, 1.165) is 12.0 Å². The van der Waals surface area contributed by atoms with Crippen molar-refractivity contribution in [1.82, 2.24) is 0 Å². The van der Waals surface area contributed by atoms with Crippen molar-refractivity contribution in [2.75, 3.05) is 6.61 Å². The second kappa shape index (κ2) is 3.59. The van der Waals surface area contributed by atoms with Gasteiger partial charge in [-0.1, -0.05) is 12.1 Å². The van der Waals surface area contributed by atoms with Crippen molar-refractivity contribution >= 4 is 12.6 Å². The van der Waals surface area contributed by atoms with Crippen molar-refractivity contribution in [3.63, 3.8) is 0 Å². The van der Waals surface area contributed by atoms with Crippen LogP contribution in [0.15, 0.2) is 18.2 Å². The van der Waals surface area contributed by atoms with Crippen LogP contribution in [0.5, 0.6) is 0 Å². The highest BCUT2D eigenvalue weighted by molar-refractivity contribution is 6.58. The molecule has 80 valence electrons. The lowest BCUT2D eigenvalue weighted by Gasteiger charge is -2.39. The average molecular weight is 210 g/mol. The molecule has 0 radical (unpaired) electrons. The summed E-state index contributed by atoms with van der Waals surface area (Å²) < 4.78 is 18.8. The van der Waals surface area contributed by atoms with Gasteiger partial charge in [0, 0.05) is 11.9 Å². The van der Waals surface area contributed by atoms with E-state index < -0.39 is 18.5 Å². The first-order valence-corrected chi connectivity index (χ1v) is 4.83. The minimum atomic E-state index is -1.77. The Morgan fingerprint density at radius 2 is 2.13 bits per heavy atom. The van der Waals surface area contributed by atoms with Crippen molar-refractivity contribution in [2.24, 2.45) is 0 Å². The van der Waals surface area contributed by atoms with Gasteiger partial charge < -0.3 is 14.8 Å². The number of halogens is 1. The van der Waals surface area contributed by atoms with E-state index >= 15 is 0 Å². The molecule has 0 bridgehead atoms. The fourth-order valence-electron chi connectivity index (χ4n) is 1.70. The molecule has 1 atom stereocenters. The molecule has 1 aliphatic heterocycles. The lowest BCUT2D eigenvalue weighted by molar-refractivity contribution is -0.140. The smallest absolute Gasteiger partial charge is 0.423 e. The molecule has 1 fully saturated rings. The third kappa shape index (κ3) is 1.78. The van der Waals surface area contributed by atoms with Gasteiger partial charge in [-0.3, -0.25) is 0 Å². The van der Waals surface area contributed by atoms with Crippen LogP contribution in [0.2, 0.25) is 0 Å². The summed E-state index contributed by atoms with van der Waals surface area (Å²) in [6.45, 7) is 2.57. The van der Waals surface area contributed by atoms with Crippen LogP contribution >= 0.6 is 0 Å². The molecule has 1 aromatic carbocycles. The summed E-state index contributed by atoms with van der Waals surface area (Å²) in [5.41, 5.74) is 0.206. The predicted octanol–water partition coefficient (Wildman–Crippen LogP) is 0.141. The molecule has 1 aliphatic rings. The maximum atomic E-state index is 13.4. The van der Waals surface area contributed by atoms with Crippen LogP contribution in [-0.2, 0) is 10.3 Å². The van der Waals surface area contributed by atoms with Gasteiger partial charge in [-0.2, -0.15) is 0 Å². The number of rotatable bonds is 2. The molecule has 2 rings (SSSR count). The number of hydrogen-bond donors (Lipinski definition) is 2. The third-order valence-electron chi connectivity index (χ3n) is 2.89. The summed E-state index contributed by atoms with van der Waals surface area (Å²) in [6, 6.07) is 4.34. The summed E-state index contributed by atoms with van der Waals surface area (Å²) in [6.07, 6.45) is 0.855. The summed E-state index contributed by atoms with van der Waals surface area (Å²) in [5, 5.41) is 17.7. The number of hydrogen-bond acceptors (Lipinski definition) is 3. The first kappa shape index (κ1) is 10.6. The summed E-state index contributed by atoms with van der Waals surface area (Å²) in [5.74, 6) is -0.612. The van der Waals surface area contributed by atoms with Crippen molar-refractivity contribution in [3.05, 3.63) is 29.6 Å². The lowest BCUT2D eigenvalue weighted by atomic mass is 9.78. The Balaban J connectivity index is 2.33. The Bertz CT molecular complexity index is 377. The van der Waals surface area contributed by atoms with E-state index in [2.05, 4.69) is 0 Å². The Morgan fingerprint density at radius 3 is 2.53 bits per heavy atom. The van der Waals surface area contributed by atoms with Crippen molar-refractivity contribution in [2.45, 2.75) is 18.9 Å². The fourth-order valence-corrected chi connectivity index (χ4v) is 1.70. The SMILES string of the molecule is CC1(c2ccc(B(O)O)c(F)c2)CCO1. The van der Waals surface area contributed by atoms with Crippen LogP contribution < -0.4 is 5.46 Å². The van der Waals surface area contributed by atoms with Crippen LogP contribution in [0.1, 0.15) is 18.9 Å². The quantitative estimate of drug-likeness (QED) is 0.682. The summed E-state index contributed by atoms with van der Waals surface area (Å²) in [7, 11) is -1.77. The summed E-state index contributed by atoms with van der Waals surface area (Å²) >= 11 is 0. The molecule has 1 saturated heterocycles. The molecule has 15 heavy (non-hydrogen) atoms. The second-order valence-electron chi connectivity index (χ2n) is 3.94. The Hall–Kier alpha value is -0.905. The van der Waals surface area contributed by atoms with E-state index in [1.54, 1.807) is 6.07 Å². The average Bonchev–Trinajstić information content (AvgIpc) is 2.13. The maximum absolute atomic E-state index is 13.4. The first-order chi connectivity index (χ1) is 7.03. The van der Waals surface area contributed by atoms with Gasteiger partial charge in [0.2, 0.25) is 0 Å². The highest BCUT2D eigenvalue weighted by Gasteiger charge is 2.35. The van der Waals surface area contributed by atoms with Crippen molar-refractivity contribution in [1.29, 1.82) is 0 Å². The summed E-state index contributed by atoms with van der Waals surface area (Å²) in [4.78, 5) is 0. The van der Waals surface area contributed by atoms with Crippen LogP contribution in [0.4, 0.5) is 4.39 Å². The molecule has 0 amide bonds. The molecular weight excluding hydrogens is 198 g/mol. The highest BCUT2D eigenvalue weighted by atomic mass is 19.1. The first-order valence-electron chi connectivity index (χ1n) is 4.83. The van der Waals surface area contributed by atoms with Gasteiger partial charge in [0.1, 0.15) is 5.82 Å². The Kier molecular flexibility index (Phi) is 2.54. The van der Waals surface area contributed by atoms with E-state index in [4.69, 9.17) is 14.8 Å². The molecule has 3 nitrogen and oxygen atoms in total. The zero-order valence-electron chi connectivity index (χ0n) is 8.40. The second-order valence-corrected chi connectivity index (χ2v) is 3.94. The predicted molar refractivity (Wildman–Crippen MR) is 54.1 cm³/mol. The Labute approximate surface area is 87.6 Å². The molecule has 1 heterocycles. The molecule has 1 aromatic rings. The fraction of sp³-hybridized carbons (Fsp3) is 0.400. The van der Waals surface area contributed by atoms with Gasteiger partial charge in [0.05, 0.1) is 12.2 Å². The van der Waals surface area contributed by atoms with Gasteiger partial charge >= 0.3 is 7.12 Å². The lowest BCUT2D eigenvalue weighted by Crippen LogP contribution is -2.39. The van der Waals surface area contributed by atoms with Gasteiger partial charge in [0.15, 0.2) is 0 Å². The van der Waals surface area contributed by atoms with Crippen molar-refractivity contribution < 1.29 is 19.2 Å². The minimum absolute atomic E-state index is 0.110.